The van der Waals surface area contributed by atoms with Gasteiger partial charge in [0.1, 0.15) is 0 Å². The second kappa shape index (κ2) is 4.71. The van der Waals surface area contributed by atoms with Crippen LogP contribution in [0.3, 0.4) is 0 Å². The minimum Gasteiger partial charge on any atom is -0.466 e. The zero-order chi connectivity index (χ0) is 11.5. The van der Waals surface area contributed by atoms with Crippen LogP contribution in [0.2, 0.25) is 5.02 Å². The van der Waals surface area contributed by atoms with Crippen LogP contribution in [0.4, 0.5) is 0 Å². The molecule has 0 heterocycles. The van der Waals surface area contributed by atoms with Gasteiger partial charge in [-0.2, -0.15) is 0 Å². The molecule has 3 heteroatoms. The average molecular weight is 237 g/mol. The lowest BCUT2D eigenvalue weighted by Gasteiger charge is -2.06. The predicted octanol–water partition coefficient (Wildman–Crippen LogP) is 3.31. The van der Waals surface area contributed by atoms with E-state index in [0.29, 0.717) is 10.9 Å². The maximum absolute atomic E-state index is 11.3. The second-order valence-electron chi connectivity index (χ2n) is 3.90. The molecule has 0 aromatic heterocycles. The van der Waals surface area contributed by atoms with Crippen LogP contribution < -0.4 is 0 Å². The molecular weight excluding hydrogens is 224 g/mol. The van der Waals surface area contributed by atoms with Crippen molar-refractivity contribution in [1.29, 1.82) is 0 Å². The first-order valence-electron chi connectivity index (χ1n) is 5.26. The highest BCUT2D eigenvalue weighted by atomic mass is 35.5. The first kappa shape index (κ1) is 11.2. The van der Waals surface area contributed by atoms with Crippen LogP contribution in [0.5, 0.6) is 0 Å². The summed E-state index contributed by atoms with van der Waals surface area (Å²) in [5.74, 6) is 0.206. The Kier molecular flexibility index (Phi) is 3.30. The molecule has 0 aliphatic heterocycles. The maximum Gasteiger partial charge on any atom is 0.330 e. The molecule has 0 unspecified atom stereocenters. The summed E-state index contributed by atoms with van der Waals surface area (Å²) in [5, 5.41) is 0.706. The average Bonchev–Trinajstić information content (AvgIpc) is 3.11. The molecule has 0 N–H and O–H groups in total. The summed E-state index contributed by atoms with van der Waals surface area (Å²) in [6.07, 6.45) is 3.87. The molecular formula is C13H13ClO2. The minimum atomic E-state index is -0.295. The number of halogens is 1. The zero-order valence-electron chi connectivity index (χ0n) is 9.07. The molecule has 1 saturated carbocycles. The van der Waals surface area contributed by atoms with Crippen molar-refractivity contribution in [3.8, 4) is 0 Å². The van der Waals surface area contributed by atoms with Gasteiger partial charge in [0, 0.05) is 11.1 Å². The van der Waals surface area contributed by atoms with Crippen LogP contribution in [-0.2, 0) is 9.53 Å². The van der Waals surface area contributed by atoms with E-state index >= 15 is 0 Å². The predicted molar refractivity (Wildman–Crippen MR) is 64.2 cm³/mol. The van der Waals surface area contributed by atoms with Crippen LogP contribution in [0.1, 0.15) is 18.4 Å². The van der Waals surface area contributed by atoms with E-state index in [4.69, 9.17) is 11.6 Å². The topological polar surface area (TPSA) is 26.3 Å². The molecule has 1 aliphatic rings. The second-order valence-corrected chi connectivity index (χ2v) is 4.34. The largest absolute Gasteiger partial charge is 0.466 e. The molecule has 16 heavy (non-hydrogen) atoms. The van der Waals surface area contributed by atoms with Crippen molar-refractivity contribution in [3.63, 3.8) is 0 Å². The Balaban J connectivity index is 2.29. The van der Waals surface area contributed by atoms with E-state index in [1.165, 1.54) is 7.11 Å². The molecule has 1 aliphatic carbocycles. The van der Waals surface area contributed by atoms with Gasteiger partial charge in [0.05, 0.1) is 7.11 Å². The number of benzene rings is 1. The number of hydrogen-bond donors (Lipinski definition) is 0. The molecule has 2 nitrogen and oxygen atoms in total. The molecule has 1 aromatic rings. The van der Waals surface area contributed by atoms with Gasteiger partial charge in [-0.25, -0.2) is 4.79 Å². The zero-order valence-corrected chi connectivity index (χ0v) is 9.83. The highest BCUT2D eigenvalue weighted by Crippen LogP contribution is 2.42. The van der Waals surface area contributed by atoms with E-state index in [9.17, 15) is 4.79 Å². The van der Waals surface area contributed by atoms with Crippen LogP contribution in [-0.4, -0.2) is 13.1 Å². The number of rotatable bonds is 3. The van der Waals surface area contributed by atoms with Crippen LogP contribution >= 0.6 is 11.6 Å². The van der Waals surface area contributed by atoms with Gasteiger partial charge < -0.3 is 4.74 Å². The van der Waals surface area contributed by atoms with Crippen molar-refractivity contribution in [2.75, 3.05) is 7.11 Å². The number of hydrogen-bond acceptors (Lipinski definition) is 2. The summed E-state index contributed by atoms with van der Waals surface area (Å²) in [5.41, 5.74) is 2.11. The van der Waals surface area contributed by atoms with Gasteiger partial charge in [-0.3, -0.25) is 0 Å². The third kappa shape index (κ3) is 2.64. The lowest BCUT2D eigenvalue weighted by atomic mass is 10.0. The maximum atomic E-state index is 11.3. The Morgan fingerprint density at radius 3 is 2.50 bits per heavy atom. The smallest absolute Gasteiger partial charge is 0.330 e. The fourth-order valence-electron chi connectivity index (χ4n) is 1.66. The molecule has 0 saturated heterocycles. The van der Waals surface area contributed by atoms with Gasteiger partial charge in [0.15, 0.2) is 0 Å². The lowest BCUT2D eigenvalue weighted by molar-refractivity contribution is -0.134. The Labute approximate surface area is 99.9 Å². The van der Waals surface area contributed by atoms with Gasteiger partial charge in [0.2, 0.25) is 0 Å². The van der Waals surface area contributed by atoms with Gasteiger partial charge in [-0.1, -0.05) is 23.7 Å². The van der Waals surface area contributed by atoms with Crippen molar-refractivity contribution in [3.05, 3.63) is 40.9 Å². The summed E-state index contributed by atoms with van der Waals surface area (Å²) in [6.45, 7) is 0. The van der Waals surface area contributed by atoms with E-state index in [-0.39, 0.29) is 5.97 Å². The van der Waals surface area contributed by atoms with Crippen molar-refractivity contribution >= 4 is 23.1 Å². The van der Waals surface area contributed by atoms with E-state index < -0.39 is 0 Å². The van der Waals surface area contributed by atoms with Crippen LogP contribution in [0.15, 0.2) is 30.3 Å². The Bertz CT molecular complexity index is 416. The molecule has 0 atom stereocenters. The molecule has 0 bridgehead atoms. The van der Waals surface area contributed by atoms with Crippen molar-refractivity contribution in [1.82, 2.24) is 0 Å². The highest BCUT2D eigenvalue weighted by molar-refractivity contribution is 6.30. The van der Waals surface area contributed by atoms with Gasteiger partial charge >= 0.3 is 5.97 Å². The van der Waals surface area contributed by atoms with E-state index in [0.717, 1.165) is 24.0 Å². The minimum absolute atomic E-state index is 0.295. The van der Waals surface area contributed by atoms with Crippen LogP contribution in [0.25, 0.3) is 5.57 Å². The molecule has 2 rings (SSSR count). The Morgan fingerprint density at radius 1 is 1.38 bits per heavy atom. The molecule has 0 radical (unpaired) electrons. The molecule has 0 spiro atoms. The number of carbonyl (C=O) groups is 1. The van der Waals surface area contributed by atoms with Crippen molar-refractivity contribution in [2.45, 2.75) is 12.8 Å². The molecule has 84 valence electrons. The third-order valence-corrected chi connectivity index (χ3v) is 2.92. The van der Waals surface area contributed by atoms with E-state index in [1.54, 1.807) is 6.08 Å². The Morgan fingerprint density at radius 2 is 2.00 bits per heavy atom. The lowest BCUT2D eigenvalue weighted by Crippen LogP contribution is -1.98. The number of allylic oxidation sites excluding steroid dienone is 1. The summed E-state index contributed by atoms with van der Waals surface area (Å²) < 4.78 is 4.66. The number of esters is 1. The fraction of sp³-hybridized carbons (Fsp3) is 0.308. The summed E-state index contributed by atoms with van der Waals surface area (Å²) in [7, 11) is 1.39. The van der Waals surface area contributed by atoms with Crippen molar-refractivity contribution in [2.24, 2.45) is 5.92 Å². The normalized spacial score (nSPS) is 16.0. The van der Waals surface area contributed by atoms with Gasteiger partial charge in [-0.15, -0.1) is 0 Å². The summed E-state index contributed by atoms with van der Waals surface area (Å²) >= 11 is 5.83. The first-order chi connectivity index (χ1) is 7.70. The van der Waals surface area contributed by atoms with Crippen molar-refractivity contribution < 1.29 is 9.53 Å². The monoisotopic (exact) mass is 236 g/mol. The number of ether oxygens (including phenoxy) is 1. The molecule has 1 fully saturated rings. The van der Waals surface area contributed by atoms with Crippen LogP contribution in [0, 0.1) is 5.92 Å². The van der Waals surface area contributed by atoms with Gasteiger partial charge in [0.25, 0.3) is 0 Å². The number of carbonyl (C=O) groups excluding carboxylic acids is 1. The van der Waals surface area contributed by atoms with E-state index in [2.05, 4.69) is 4.74 Å². The number of methoxy groups -OCH3 is 1. The first-order valence-corrected chi connectivity index (χ1v) is 5.64. The molecule has 0 amide bonds. The van der Waals surface area contributed by atoms with Gasteiger partial charge in [-0.05, 0) is 42.0 Å². The fourth-order valence-corrected chi connectivity index (χ4v) is 1.79. The summed E-state index contributed by atoms with van der Waals surface area (Å²) in [4.78, 5) is 11.3. The summed E-state index contributed by atoms with van der Waals surface area (Å²) in [6, 6.07) is 7.56. The SMILES string of the molecule is COC(=O)C=C(c1ccc(Cl)cc1)C1CC1. The quantitative estimate of drug-likeness (QED) is 0.595. The van der Waals surface area contributed by atoms with E-state index in [1.807, 2.05) is 24.3 Å². The highest BCUT2D eigenvalue weighted by Gasteiger charge is 2.27. The third-order valence-electron chi connectivity index (χ3n) is 2.67. The molecule has 1 aromatic carbocycles. The standard InChI is InChI=1S/C13H13ClO2/c1-16-13(15)8-12(9-2-3-9)10-4-6-11(14)7-5-10/h4-9H,2-3H2,1H3. The Hall–Kier alpha value is -1.28.